The zero-order valence-electron chi connectivity index (χ0n) is 14.3. The zero-order valence-corrected chi connectivity index (χ0v) is 14.3. The van der Waals surface area contributed by atoms with Gasteiger partial charge in [0.1, 0.15) is 0 Å². The molecule has 0 aliphatic heterocycles. The number of nitrogens with zero attached hydrogens (tertiary/aromatic N) is 3. The predicted octanol–water partition coefficient (Wildman–Crippen LogP) is 2.36. The molecule has 0 atom stereocenters. The van der Waals surface area contributed by atoms with Crippen LogP contribution in [0.4, 0.5) is 0 Å². The van der Waals surface area contributed by atoms with Crippen molar-refractivity contribution in [1.82, 2.24) is 4.90 Å². The van der Waals surface area contributed by atoms with Crippen LogP contribution in [0.3, 0.4) is 0 Å². The SMILES string of the molecule is CCOC(=O)C(=[N+]=[N-])C(=O)N(Cc1ccc(C)cc1)C(C)(C)C. The van der Waals surface area contributed by atoms with Gasteiger partial charge < -0.3 is 15.2 Å². The molecular weight excluding hydrogens is 294 g/mol. The fraction of sp³-hybridized carbons (Fsp3) is 0.471. The van der Waals surface area contributed by atoms with Crippen molar-refractivity contribution in [2.24, 2.45) is 0 Å². The number of rotatable bonds is 5. The van der Waals surface area contributed by atoms with Crippen molar-refractivity contribution in [2.45, 2.75) is 46.7 Å². The summed E-state index contributed by atoms with van der Waals surface area (Å²) in [5, 5.41) is 0. The third-order valence-corrected chi connectivity index (χ3v) is 3.29. The smallest absolute Gasteiger partial charge is 0.457 e. The molecule has 0 fully saturated rings. The summed E-state index contributed by atoms with van der Waals surface area (Å²) in [4.78, 5) is 28.8. The van der Waals surface area contributed by atoms with Crippen LogP contribution in [0, 0.1) is 6.92 Å². The number of carbonyl (C=O) groups excluding carboxylic acids is 2. The first-order chi connectivity index (χ1) is 10.7. The average Bonchev–Trinajstić information content (AvgIpc) is 2.46. The molecule has 1 amide bonds. The largest absolute Gasteiger partial charge is 0.463 e. The molecule has 0 aliphatic rings. The van der Waals surface area contributed by atoms with E-state index in [1.165, 1.54) is 4.90 Å². The molecule has 0 saturated carbocycles. The second-order valence-corrected chi connectivity index (χ2v) is 6.22. The highest BCUT2D eigenvalue weighted by Gasteiger charge is 2.39. The molecule has 6 heteroatoms. The van der Waals surface area contributed by atoms with Gasteiger partial charge in [0.25, 0.3) is 0 Å². The molecule has 0 N–H and O–H groups in total. The summed E-state index contributed by atoms with van der Waals surface area (Å²) in [6.07, 6.45) is 0. The van der Waals surface area contributed by atoms with E-state index in [9.17, 15) is 9.59 Å². The van der Waals surface area contributed by atoms with Gasteiger partial charge in [-0.1, -0.05) is 29.8 Å². The number of hydrogen-bond donors (Lipinski definition) is 0. The molecule has 0 spiro atoms. The Morgan fingerprint density at radius 1 is 1.22 bits per heavy atom. The Morgan fingerprint density at radius 2 is 1.78 bits per heavy atom. The summed E-state index contributed by atoms with van der Waals surface area (Å²) >= 11 is 0. The number of esters is 1. The highest BCUT2D eigenvalue weighted by Crippen LogP contribution is 2.18. The second-order valence-electron chi connectivity index (χ2n) is 6.22. The Bertz CT molecular complexity index is 623. The summed E-state index contributed by atoms with van der Waals surface area (Å²) in [7, 11) is 0. The molecule has 0 radical (unpaired) electrons. The van der Waals surface area contributed by atoms with Gasteiger partial charge in [0, 0.05) is 12.1 Å². The molecule has 124 valence electrons. The average molecular weight is 317 g/mol. The topological polar surface area (TPSA) is 83.0 Å². The van der Waals surface area contributed by atoms with E-state index in [2.05, 4.69) is 4.79 Å². The Balaban J connectivity index is 3.11. The van der Waals surface area contributed by atoms with Crippen LogP contribution in [0.1, 0.15) is 38.8 Å². The number of hydrogen-bond acceptors (Lipinski definition) is 3. The molecule has 1 aromatic carbocycles. The van der Waals surface area contributed by atoms with Crippen molar-refractivity contribution in [3.8, 4) is 0 Å². The highest BCUT2D eigenvalue weighted by atomic mass is 16.5. The number of amides is 1. The molecule has 0 saturated heterocycles. The van der Waals surface area contributed by atoms with Crippen molar-refractivity contribution in [3.63, 3.8) is 0 Å². The maximum atomic E-state index is 12.6. The van der Waals surface area contributed by atoms with Crippen molar-refractivity contribution in [1.29, 1.82) is 0 Å². The molecule has 0 heterocycles. The lowest BCUT2D eigenvalue weighted by atomic mass is 10.0. The van der Waals surface area contributed by atoms with Crippen LogP contribution in [-0.4, -0.2) is 39.4 Å². The van der Waals surface area contributed by atoms with E-state index < -0.39 is 23.1 Å². The Morgan fingerprint density at radius 3 is 2.22 bits per heavy atom. The minimum Gasteiger partial charge on any atom is -0.457 e. The second kappa shape index (κ2) is 7.70. The van der Waals surface area contributed by atoms with Gasteiger partial charge in [0.15, 0.2) is 0 Å². The van der Waals surface area contributed by atoms with E-state index in [0.29, 0.717) is 6.54 Å². The molecule has 0 unspecified atom stereocenters. The molecule has 6 nitrogen and oxygen atoms in total. The van der Waals surface area contributed by atoms with Gasteiger partial charge in [-0.2, -0.15) is 4.79 Å². The summed E-state index contributed by atoms with van der Waals surface area (Å²) in [5.41, 5.74) is 9.90. The van der Waals surface area contributed by atoms with Crippen LogP contribution in [0.15, 0.2) is 24.3 Å². The summed E-state index contributed by atoms with van der Waals surface area (Å²) in [6, 6.07) is 7.74. The first kappa shape index (κ1) is 18.6. The maximum Gasteiger partial charge on any atom is 0.463 e. The number of ether oxygens (including phenoxy) is 1. The predicted molar refractivity (Wildman–Crippen MR) is 86.7 cm³/mol. The van der Waals surface area contributed by atoms with E-state index in [1.807, 2.05) is 52.0 Å². The molecule has 1 aromatic rings. The third-order valence-electron chi connectivity index (χ3n) is 3.29. The van der Waals surface area contributed by atoms with Crippen molar-refractivity contribution in [2.75, 3.05) is 6.61 Å². The fourth-order valence-corrected chi connectivity index (χ4v) is 1.99. The lowest BCUT2D eigenvalue weighted by Gasteiger charge is -2.34. The minimum absolute atomic E-state index is 0.0958. The summed E-state index contributed by atoms with van der Waals surface area (Å²) in [5.74, 6) is -1.60. The van der Waals surface area contributed by atoms with E-state index in [1.54, 1.807) is 6.92 Å². The normalized spacial score (nSPS) is 10.7. The van der Waals surface area contributed by atoms with Gasteiger partial charge in [-0.05, 0) is 40.2 Å². The van der Waals surface area contributed by atoms with E-state index in [-0.39, 0.29) is 6.61 Å². The Kier molecular flexibility index (Phi) is 6.22. The van der Waals surface area contributed by atoms with Gasteiger partial charge in [-0.25, -0.2) is 4.79 Å². The lowest BCUT2D eigenvalue weighted by molar-refractivity contribution is -0.145. The first-order valence-electron chi connectivity index (χ1n) is 7.47. The molecule has 23 heavy (non-hydrogen) atoms. The molecular formula is C17H23N3O3. The van der Waals surface area contributed by atoms with Crippen LogP contribution in [0.5, 0.6) is 0 Å². The summed E-state index contributed by atoms with van der Waals surface area (Å²) < 4.78 is 4.77. The number of aryl methyl sites for hydroxylation is 1. The summed E-state index contributed by atoms with van der Waals surface area (Å²) in [6.45, 7) is 9.52. The van der Waals surface area contributed by atoms with Gasteiger partial charge in [-0.3, -0.25) is 4.79 Å². The standard InChI is InChI=1S/C17H23N3O3/c1-6-23-16(22)14(19-18)15(21)20(17(3,4)5)11-13-9-7-12(2)8-10-13/h7-10H,6,11H2,1-5H3. The van der Waals surface area contributed by atoms with Crippen LogP contribution < -0.4 is 0 Å². The quantitative estimate of drug-likeness (QED) is 0.275. The molecule has 0 aliphatic carbocycles. The van der Waals surface area contributed by atoms with Gasteiger partial charge >= 0.3 is 17.6 Å². The molecule has 1 rings (SSSR count). The Hall–Kier alpha value is -2.46. The van der Waals surface area contributed by atoms with E-state index in [4.69, 9.17) is 10.3 Å². The lowest BCUT2D eigenvalue weighted by Crippen LogP contribution is -2.50. The van der Waals surface area contributed by atoms with E-state index >= 15 is 0 Å². The number of carbonyl (C=O) groups is 2. The first-order valence-corrected chi connectivity index (χ1v) is 7.47. The molecule has 0 aromatic heterocycles. The number of benzene rings is 1. The van der Waals surface area contributed by atoms with Crippen molar-refractivity contribution in [3.05, 3.63) is 40.9 Å². The van der Waals surface area contributed by atoms with Crippen LogP contribution in [-0.2, 0) is 20.9 Å². The zero-order chi connectivity index (χ0) is 17.6. The fourth-order valence-electron chi connectivity index (χ4n) is 1.99. The van der Waals surface area contributed by atoms with E-state index in [0.717, 1.165) is 11.1 Å². The highest BCUT2D eigenvalue weighted by molar-refractivity contribution is 6.61. The van der Waals surface area contributed by atoms with Crippen LogP contribution >= 0.6 is 0 Å². The van der Waals surface area contributed by atoms with Crippen molar-refractivity contribution < 1.29 is 19.1 Å². The third kappa shape index (κ3) is 5.04. The van der Waals surface area contributed by atoms with Gasteiger partial charge in [0.05, 0.1) is 6.61 Å². The molecule has 0 bridgehead atoms. The van der Waals surface area contributed by atoms with Crippen molar-refractivity contribution >= 4 is 17.6 Å². The minimum atomic E-state index is -0.932. The van der Waals surface area contributed by atoms with Gasteiger partial charge in [0.2, 0.25) is 0 Å². The van der Waals surface area contributed by atoms with Gasteiger partial charge in [-0.15, -0.1) is 0 Å². The maximum absolute atomic E-state index is 12.6. The van der Waals surface area contributed by atoms with Crippen LogP contribution in [0.25, 0.3) is 5.53 Å². The monoisotopic (exact) mass is 317 g/mol. The van der Waals surface area contributed by atoms with Crippen LogP contribution in [0.2, 0.25) is 0 Å². The Labute approximate surface area is 136 Å².